The van der Waals surface area contributed by atoms with Crippen LogP contribution in [0.25, 0.3) is 21.5 Å². The van der Waals surface area contributed by atoms with E-state index in [0.717, 1.165) is 35.0 Å². The number of azo groups is 1. The van der Waals surface area contributed by atoms with Gasteiger partial charge in [-0.2, -0.15) is 5.11 Å². The number of nitrogen functional groups attached to an aromatic ring is 1. The first-order valence-corrected chi connectivity index (χ1v) is 19.7. The molecule has 0 saturated carbocycles. The Morgan fingerprint density at radius 1 is 0.433 bits per heavy atom. The first-order valence-electron chi connectivity index (χ1n) is 19.7. The van der Waals surface area contributed by atoms with Crippen molar-refractivity contribution in [3.63, 3.8) is 0 Å². The molecule has 0 aliphatic heterocycles. The van der Waals surface area contributed by atoms with Gasteiger partial charge < -0.3 is 47.0 Å². The molecular weight excluding hydrogens is 863 g/mol. The molecule has 0 spiro atoms. The molecule has 0 saturated heterocycles. The summed E-state index contributed by atoms with van der Waals surface area (Å²) in [5.41, 5.74) is 6.02. The zero-order valence-corrected chi connectivity index (χ0v) is 34.7. The number of aromatic hydroxyl groups is 2. The van der Waals surface area contributed by atoms with Gasteiger partial charge >= 0.3 is 23.9 Å². The third kappa shape index (κ3) is 12.0. The van der Waals surface area contributed by atoms with E-state index in [2.05, 4.69) is 20.9 Å². The van der Waals surface area contributed by atoms with Crippen LogP contribution >= 0.6 is 0 Å². The lowest BCUT2D eigenvalue weighted by atomic mass is 10.0. The molecule has 8 aromatic carbocycles. The molecule has 17 heteroatoms. The minimum atomic E-state index is -1.33. The van der Waals surface area contributed by atoms with E-state index < -0.39 is 35.5 Å². The van der Waals surface area contributed by atoms with Crippen LogP contribution < -0.4 is 16.4 Å². The van der Waals surface area contributed by atoms with E-state index >= 15 is 0 Å². The van der Waals surface area contributed by atoms with E-state index in [4.69, 9.17) is 15.9 Å². The Balaban J connectivity index is 0.000000188. The Labute approximate surface area is 379 Å². The number of carbonyl (C=O) groups is 6. The molecule has 0 aliphatic rings. The average Bonchev–Trinajstić information content (AvgIpc) is 3.31. The summed E-state index contributed by atoms with van der Waals surface area (Å²) in [6, 6.07) is 44.0. The number of aromatic carboxylic acids is 4. The minimum Gasteiger partial charge on any atom is -0.507 e. The van der Waals surface area contributed by atoms with Crippen LogP contribution in [0.5, 0.6) is 11.5 Å². The fraction of sp³-hybridized carbons (Fsp3) is 0. The molecule has 334 valence electrons. The number of fused-ring (bicyclic) bond motifs is 2. The van der Waals surface area contributed by atoms with E-state index in [1.165, 1.54) is 18.2 Å². The van der Waals surface area contributed by atoms with Gasteiger partial charge in [-0.3, -0.25) is 9.59 Å². The van der Waals surface area contributed by atoms with E-state index in [-0.39, 0.29) is 62.1 Å². The zero-order valence-electron chi connectivity index (χ0n) is 34.7. The number of para-hydroxylation sites is 2. The second kappa shape index (κ2) is 21.0. The minimum absolute atomic E-state index is 0.0165. The Hall–Kier alpha value is -9.90. The molecular formula is C50H37N5O12. The van der Waals surface area contributed by atoms with Gasteiger partial charge in [-0.1, -0.05) is 84.9 Å². The maximum Gasteiger partial charge on any atom is 0.335 e. The lowest BCUT2D eigenvalue weighted by Gasteiger charge is -2.11. The molecule has 0 atom stereocenters. The number of hydrogen-bond donors (Lipinski definition) is 9. The van der Waals surface area contributed by atoms with E-state index in [9.17, 15) is 49.2 Å². The summed E-state index contributed by atoms with van der Waals surface area (Å²) in [6.07, 6.45) is 0. The zero-order chi connectivity index (χ0) is 48.2. The van der Waals surface area contributed by atoms with Crippen molar-refractivity contribution in [1.29, 1.82) is 0 Å². The number of nitrogens with two attached hydrogens (primary N) is 1. The number of benzene rings is 8. The Morgan fingerprint density at radius 2 is 0.836 bits per heavy atom. The van der Waals surface area contributed by atoms with Crippen LogP contribution in [-0.4, -0.2) is 66.3 Å². The predicted octanol–water partition coefficient (Wildman–Crippen LogP) is 10.1. The van der Waals surface area contributed by atoms with Gasteiger partial charge in [0.2, 0.25) is 0 Å². The Kier molecular flexibility index (Phi) is 14.6. The van der Waals surface area contributed by atoms with Crippen LogP contribution in [0.4, 0.5) is 28.4 Å². The summed E-state index contributed by atoms with van der Waals surface area (Å²) in [5.74, 6) is -6.38. The maximum absolute atomic E-state index is 12.9. The number of rotatable bonds is 10. The van der Waals surface area contributed by atoms with Gasteiger partial charge in [-0.05, 0) is 95.0 Å². The summed E-state index contributed by atoms with van der Waals surface area (Å²) in [7, 11) is 0. The Morgan fingerprint density at radius 3 is 1.33 bits per heavy atom. The van der Waals surface area contributed by atoms with Gasteiger partial charge in [0.25, 0.3) is 11.8 Å². The first-order chi connectivity index (χ1) is 32.1. The molecule has 8 rings (SSSR count). The molecule has 0 aliphatic carbocycles. The number of amides is 2. The third-order valence-electron chi connectivity index (χ3n) is 9.54. The lowest BCUT2D eigenvalue weighted by molar-refractivity contribution is 0.0676. The lowest BCUT2D eigenvalue weighted by Crippen LogP contribution is -2.12. The SMILES string of the molecule is Nc1cc(C(=O)O)cc(C(=O)O)c1.O=C(Nc1ccccc1)c1cc2ccccc2cc1O.O=C(O)c1cc(N=Nc2c(O)c(C(=O)Nc3ccccc3)cc3ccccc23)cc(C(=O)O)c1. The first kappa shape index (κ1) is 46.6. The van der Waals surface area contributed by atoms with Gasteiger partial charge in [0.1, 0.15) is 11.4 Å². The van der Waals surface area contributed by atoms with Gasteiger partial charge in [0.05, 0.1) is 39.1 Å². The smallest absolute Gasteiger partial charge is 0.335 e. The molecule has 0 heterocycles. The standard InChI is InChI=1S/C25H17N3O6.C17H13NO2.C8H7NO4/c29-22-20(23(30)26-17-7-2-1-3-8-17)13-14-6-4-5-9-19(14)21(22)28-27-18-11-15(24(31)32)10-16(12-18)25(33)34;19-16-11-13-7-5-4-6-12(13)10-15(16)17(20)18-14-8-2-1-3-9-14;9-6-2-4(7(10)11)1-5(3-6)8(12)13/h1-13,29H,(H,26,30)(H,31,32)(H,33,34);1-11,19H,(H,18,20);1-3H,9H2,(H,10,11)(H,12,13). The second-order valence-corrected chi connectivity index (χ2v) is 14.2. The number of carboxylic acids is 4. The average molecular weight is 900 g/mol. The van der Waals surface area contributed by atoms with Crippen molar-refractivity contribution in [2.45, 2.75) is 0 Å². The monoisotopic (exact) mass is 899 g/mol. The summed E-state index contributed by atoms with van der Waals surface area (Å²) >= 11 is 0. The molecule has 0 bridgehead atoms. The molecule has 17 nitrogen and oxygen atoms in total. The topological polar surface area (TPSA) is 299 Å². The molecule has 0 aromatic heterocycles. The normalized spacial score (nSPS) is 10.5. The summed E-state index contributed by atoms with van der Waals surface area (Å²) in [5, 5.41) is 73.0. The largest absolute Gasteiger partial charge is 0.507 e. The molecule has 0 fully saturated rings. The molecule has 10 N–H and O–H groups in total. The van der Waals surface area contributed by atoms with Crippen molar-refractivity contribution in [3.8, 4) is 11.5 Å². The fourth-order valence-corrected chi connectivity index (χ4v) is 6.36. The van der Waals surface area contributed by atoms with Gasteiger partial charge in [0, 0.05) is 22.4 Å². The number of carboxylic acid groups (broad SMARTS) is 4. The highest BCUT2D eigenvalue weighted by Crippen LogP contribution is 2.40. The summed E-state index contributed by atoms with van der Waals surface area (Å²) < 4.78 is 0. The number of hydrogen-bond acceptors (Lipinski definition) is 11. The fourth-order valence-electron chi connectivity index (χ4n) is 6.36. The van der Waals surface area contributed by atoms with E-state index in [0.29, 0.717) is 22.1 Å². The van der Waals surface area contributed by atoms with Crippen molar-refractivity contribution in [1.82, 2.24) is 0 Å². The van der Waals surface area contributed by atoms with E-state index in [1.807, 2.05) is 42.5 Å². The number of nitrogens with one attached hydrogen (secondary N) is 2. The van der Waals surface area contributed by atoms with Crippen molar-refractivity contribution in [3.05, 3.63) is 197 Å². The van der Waals surface area contributed by atoms with Crippen molar-refractivity contribution in [2.75, 3.05) is 16.4 Å². The molecule has 8 aromatic rings. The highest BCUT2D eigenvalue weighted by Gasteiger charge is 2.19. The van der Waals surface area contributed by atoms with E-state index in [1.54, 1.807) is 78.9 Å². The second-order valence-electron chi connectivity index (χ2n) is 14.2. The highest BCUT2D eigenvalue weighted by atomic mass is 16.4. The van der Waals surface area contributed by atoms with Crippen molar-refractivity contribution in [2.24, 2.45) is 10.2 Å². The number of phenols is 2. The number of nitrogens with zero attached hydrogens (tertiary/aromatic N) is 2. The highest BCUT2D eigenvalue weighted by molar-refractivity contribution is 6.12. The van der Waals surface area contributed by atoms with Crippen LogP contribution in [0.1, 0.15) is 62.1 Å². The molecule has 0 radical (unpaired) electrons. The van der Waals surface area contributed by atoms with Crippen molar-refractivity contribution >= 4 is 85.7 Å². The summed E-state index contributed by atoms with van der Waals surface area (Å²) in [4.78, 5) is 68.7. The molecule has 0 unspecified atom stereocenters. The predicted molar refractivity (Wildman–Crippen MR) is 249 cm³/mol. The van der Waals surface area contributed by atoms with Crippen LogP contribution in [0.15, 0.2) is 174 Å². The van der Waals surface area contributed by atoms with Gasteiger partial charge in [-0.15, -0.1) is 5.11 Å². The number of anilines is 3. The quantitative estimate of drug-likeness (QED) is 0.0456. The van der Waals surface area contributed by atoms with Crippen LogP contribution in [0.3, 0.4) is 0 Å². The molecule has 67 heavy (non-hydrogen) atoms. The van der Waals surface area contributed by atoms with Gasteiger partial charge in [-0.25, -0.2) is 19.2 Å². The van der Waals surface area contributed by atoms with Gasteiger partial charge in [0.15, 0.2) is 5.75 Å². The Bertz CT molecular complexity index is 3170. The van der Waals surface area contributed by atoms with Crippen LogP contribution in [0, 0.1) is 0 Å². The van der Waals surface area contributed by atoms with Crippen LogP contribution in [0.2, 0.25) is 0 Å². The van der Waals surface area contributed by atoms with Crippen LogP contribution in [-0.2, 0) is 0 Å². The third-order valence-corrected chi connectivity index (χ3v) is 9.54. The van der Waals surface area contributed by atoms with Crippen molar-refractivity contribution < 1.29 is 59.4 Å². The summed E-state index contributed by atoms with van der Waals surface area (Å²) in [6.45, 7) is 0. The maximum atomic E-state index is 12.9. The number of carbonyl (C=O) groups excluding carboxylic acids is 2. The molecule has 2 amide bonds. The number of phenolic OH excluding ortho intramolecular Hbond substituents is 2.